The number of ether oxygens (including phenoxy) is 10. The number of Topliss-reactive ketones (excluding diaryl/α,β-unsaturated/α-hetero) is 1. The first-order chi connectivity index (χ1) is 41.0. The van der Waals surface area contributed by atoms with Crippen LogP contribution in [0.25, 0.3) is 10.4 Å². The van der Waals surface area contributed by atoms with Crippen LogP contribution in [0.3, 0.4) is 0 Å². The molecule has 0 saturated heterocycles. The second-order valence-corrected chi connectivity index (χ2v) is 19.5. The van der Waals surface area contributed by atoms with Gasteiger partial charge in [0, 0.05) is 87.9 Å². The van der Waals surface area contributed by atoms with E-state index >= 15 is 0 Å². The van der Waals surface area contributed by atoms with E-state index in [-0.39, 0.29) is 50.8 Å². The lowest BCUT2D eigenvalue weighted by atomic mass is 10.2. The van der Waals surface area contributed by atoms with Crippen molar-refractivity contribution in [3.8, 4) is 0 Å². The van der Waals surface area contributed by atoms with Crippen LogP contribution in [0, 0.1) is 0 Å². The quantitative estimate of drug-likeness (QED) is 0.0264. The minimum atomic E-state index is -0.613. The van der Waals surface area contributed by atoms with Gasteiger partial charge >= 0.3 is 0 Å². The normalized spacial score (nSPS) is 10.9. The molecular weight excluding hydrogens is 1140 g/mol. The van der Waals surface area contributed by atoms with Gasteiger partial charge in [-0.1, -0.05) is 5.11 Å². The first kappa shape index (κ1) is 79.8. The highest BCUT2D eigenvalue weighted by molar-refractivity contribution is 5.93. The molecule has 0 saturated carbocycles. The summed E-state index contributed by atoms with van der Waals surface area (Å²) in [4.78, 5) is 140. The van der Waals surface area contributed by atoms with Gasteiger partial charge in [-0.15, -0.1) is 0 Å². The minimum absolute atomic E-state index is 0.0396. The van der Waals surface area contributed by atoms with Gasteiger partial charge in [0.05, 0.1) is 191 Å². The van der Waals surface area contributed by atoms with Crippen molar-refractivity contribution < 1.29 is 95.3 Å². The minimum Gasteiger partial charge on any atom is -0.379 e. The van der Waals surface area contributed by atoms with Crippen LogP contribution in [-0.2, 0) is 95.3 Å². The first-order valence-electron chi connectivity index (χ1n) is 28.2. The molecule has 0 fully saturated rings. The van der Waals surface area contributed by atoms with E-state index in [4.69, 9.17) is 52.9 Å². The predicted octanol–water partition coefficient (Wildman–Crippen LogP) is -3.84. The zero-order chi connectivity index (χ0) is 64.5. The zero-order valence-corrected chi connectivity index (χ0v) is 52.4. The number of hydrogen-bond donors (Lipinski definition) is 1. The van der Waals surface area contributed by atoms with Crippen molar-refractivity contribution in [2.24, 2.45) is 5.11 Å². The average molecular weight is 1240 g/mol. The molecule has 33 nitrogen and oxygen atoms in total. The summed E-state index contributed by atoms with van der Waals surface area (Å²) in [5, 5.41) is 6.07. The van der Waals surface area contributed by atoms with Crippen LogP contribution in [0.15, 0.2) is 5.11 Å². The van der Waals surface area contributed by atoms with Gasteiger partial charge < -0.3 is 96.8 Å². The van der Waals surface area contributed by atoms with Gasteiger partial charge in [0.1, 0.15) is 0 Å². The molecule has 9 amide bonds. The Hall–Kier alpha value is -6.23. The maximum Gasteiger partial charge on any atom is 0.242 e. The Morgan fingerprint density at radius 1 is 0.314 bits per heavy atom. The lowest BCUT2D eigenvalue weighted by Gasteiger charge is -2.27. The number of carbonyl (C=O) groups excluding carboxylic acids is 10. The Balaban J connectivity index is 4.09. The summed E-state index contributed by atoms with van der Waals surface area (Å²) in [6.07, 6.45) is 0.608. The Bertz CT molecular complexity index is 2040. The molecule has 0 atom stereocenters. The Morgan fingerprint density at radius 3 is 0.733 bits per heavy atom. The van der Waals surface area contributed by atoms with E-state index in [0.29, 0.717) is 145 Å². The maximum absolute atomic E-state index is 13.0. The molecule has 0 aliphatic carbocycles. The van der Waals surface area contributed by atoms with Crippen LogP contribution in [0.4, 0.5) is 0 Å². The molecule has 33 heteroatoms. The van der Waals surface area contributed by atoms with Crippen molar-refractivity contribution in [1.29, 1.82) is 0 Å². The number of amides is 9. The number of rotatable bonds is 54. The lowest BCUT2D eigenvalue weighted by Crippen LogP contribution is -2.49. The molecule has 0 aromatic heterocycles. The molecule has 0 rings (SSSR count). The van der Waals surface area contributed by atoms with Crippen LogP contribution in [-0.4, -0.2) is 378 Å². The third-order valence-electron chi connectivity index (χ3n) is 12.0. The van der Waals surface area contributed by atoms with Crippen LogP contribution in [0.5, 0.6) is 0 Å². The van der Waals surface area contributed by atoms with Gasteiger partial charge in [-0.25, -0.2) is 0 Å². The van der Waals surface area contributed by atoms with Gasteiger partial charge in [0.25, 0.3) is 0 Å². The highest BCUT2D eigenvalue weighted by atomic mass is 16.6. The van der Waals surface area contributed by atoms with Crippen LogP contribution in [0.2, 0.25) is 0 Å². The number of nitrogens with zero attached hydrogens (tertiary/aromatic N) is 12. The zero-order valence-electron chi connectivity index (χ0n) is 52.4. The second-order valence-electron chi connectivity index (χ2n) is 19.5. The van der Waals surface area contributed by atoms with Crippen molar-refractivity contribution in [1.82, 2.24) is 49.4 Å². The van der Waals surface area contributed by atoms with E-state index in [1.165, 1.54) is 73.2 Å². The Labute approximate surface area is 505 Å². The summed E-state index contributed by atoms with van der Waals surface area (Å²) in [6, 6.07) is 0. The standard InChI is InChI=1S/C53H97N13O20/c1-55-34-45(68)59(3)36-47(70)61(5)38-49(72)63(7)40-51(74)65(9)42-53(76)66(10)43-52(75)64(8)41-50(73)62(6)39-48(71)60(4)37-46(69)58(2)35-44(67)12-11-14-77-16-18-79-20-22-81-24-26-83-28-30-85-32-33-86-31-29-84-27-25-82-23-21-80-19-17-78-15-13-56-57-54/h55H,11-43H2,1-10H3. The summed E-state index contributed by atoms with van der Waals surface area (Å²) >= 11 is 0. The second kappa shape index (κ2) is 50.9. The van der Waals surface area contributed by atoms with E-state index in [9.17, 15) is 47.9 Å². The molecule has 0 heterocycles. The molecule has 0 bridgehead atoms. The van der Waals surface area contributed by atoms with Crippen molar-refractivity contribution >= 4 is 58.9 Å². The van der Waals surface area contributed by atoms with Crippen molar-refractivity contribution in [2.45, 2.75) is 12.8 Å². The summed E-state index contributed by atoms with van der Waals surface area (Å²) in [7, 11) is 14.0. The van der Waals surface area contributed by atoms with E-state index in [1.807, 2.05) is 0 Å². The van der Waals surface area contributed by atoms with E-state index < -0.39 is 80.0 Å². The molecule has 1 N–H and O–H groups in total. The molecule has 494 valence electrons. The van der Waals surface area contributed by atoms with Crippen LogP contribution >= 0.6 is 0 Å². The third kappa shape index (κ3) is 41.8. The van der Waals surface area contributed by atoms with Gasteiger partial charge in [-0.3, -0.25) is 47.9 Å². The molecule has 0 radical (unpaired) electrons. The SMILES string of the molecule is CNCC(=O)N(C)CC(=O)N(C)CC(=O)N(C)CC(=O)N(C)CC(=O)N(C)CC(=O)N(C)CC(=O)N(C)CC(=O)N(C)CC(=O)N(C)CC(=O)CCCOCCOCCOCCOCCOCCOCCOCCOCCOCCOCCN=[N+]=[N-]. The van der Waals surface area contributed by atoms with Crippen molar-refractivity contribution in [3.05, 3.63) is 10.4 Å². The first-order valence-corrected chi connectivity index (χ1v) is 28.2. The van der Waals surface area contributed by atoms with Gasteiger partial charge in [-0.2, -0.15) is 0 Å². The van der Waals surface area contributed by atoms with Crippen LogP contribution < -0.4 is 5.32 Å². The fourth-order valence-electron chi connectivity index (χ4n) is 6.61. The molecule has 0 unspecified atom stereocenters. The molecule has 0 aliphatic rings. The smallest absolute Gasteiger partial charge is 0.242 e. The average Bonchev–Trinajstić information content (AvgIpc) is 3.67. The molecule has 0 aliphatic heterocycles. The predicted molar refractivity (Wildman–Crippen MR) is 309 cm³/mol. The number of likely N-dealkylation sites (N-methyl/N-ethyl adjacent to an activating group) is 10. The number of azide groups is 1. The van der Waals surface area contributed by atoms with E-state index in [1.54, 1.807) is 7.05 Å². The van der Waals surface area contributed by atoms with Crippen molar-refractivity contribution in [2.75, 3.05) is 275 Å². The van der Waals surface area contributed by atoms with E-state index in [2.05, 4.69) is 15.3 Å². The highest BCUT2D eigenvalue weighted by Gasteiger charge is 2.26. The summed E-state index contributed by atoms with van der Waals surface area (Å²) in [5.74, 6) is -5.03. The number of nitrogens with one attached hydrogen (secondary N) is 1. The molecule has 0 spiro atoms. The van der Waals surface area contributed by atoms with Crippen molar-refractivity contribution in [3.63, 3.8) is 0 Å². The molecule has 0 aromatic carbocycles. The number of hydrogen-bond acceptors (Lipinski definition) is 22. The lowest BCUT2D eigenvalue weighted by molar-refractivity contribution is -0.146. The molecule has 0 aromatic rings. The third-order valence-corrected chi connectivity index (χ3v) is 12.0. The highest BCUT2D eigenvalue weighted by Crippen LogP contribution is 2.02. The summed E-state index contributed by atoms with van der Waals surface area (Å²) in [6.45, 7) is 5.32. The maximum atomic E-state index is 13.0. The van der Waals surface area contributed by atoms with E-state index in [0.717, 1.165) is 34.3 Å². The largest absolute Gasteiger partial charge is 0.379 e. The van der Waals surface area contributed by atoms with Gasteiger partial charge in [0.2, 0.25) is 53.2 Å². The number of carbonyl (C=O) groups is 10. The Kier molecular flexibility index (Phi) is 47.2. The fraction of sp³-hybridized carbons (Fsp3) is 0.811. The topological polar surface area (TPSA) is 353 Å². The Morgan fingerprint density at radius 2 is 0.512 bits per heavy atom. The summed E-state index contributed by atoms with van der Waals surface area (Å²) < 4.78 is 54.5. The monoisotopic (exact) mass is 1240 g/mol. The van der Waals surface area contributed by atoms with Crippen LogP contribution in [0.1, 0.15) is 12.8 Å². The fourth-order valence-corrected chi connectivity index (χ4v) is 6.61. The summed E-state index contributed by atoms with van der Waals surface area (Å²) in [5.41, 5.74) is 8.18. The molecular formula is C53H97N13O20. The van der Waals surface area contributed by atoms with Gasteiger partial charge in [-0.05, 0) is 19.0 Å². The van der Waals surface area contributed by atoms with Gasteiger partial charge in [0.15, 0.2) is 5.78 Å². The number of ketones is 1. The molecule has 86 heavy (non-hydrogen) atoms.